The summed E-state index contributed by atoms with van der Waals surface area (Å²) in [6.07, 6.45) is 0. The highest BCUT2D eigenvalue weighted by Crippen LogP contribution is 2.30. The minimum absolute atomic E-state index is 0.0114. The molecule has 0 aromatic heterocycles. The van der Waals surface area contributed by atoms with E-state index in [9.17, 15) is 9.18 Å². The van der Waals surface area contributed by atoms with Gasteiger partial charge in [0.05, 0.1) is 30.5 Å². The number of hydrogen-bond acceptors (Lipinski definition) is 4. The van der Waals surface area contributed by atoms with E-state index in [-0.39, 0.29) is 17.5 Å². The van der Waals surface area contributed by atoms with E-state index in [1.54, 1.807) is 18.2 Å². The standard InChI is InChI=1S/C18H20ClFN2O3/c1-3-24-16-8-6-13(10-17(16)25-4-2)22-18(23)11-21-15-7-5-12(20)9-14(15)19/h5-10,21H,3-4,11H2,1-2H3,(H,22,23). The molecule has 0 spiro atoms. The fourth-order valence-corrected chi connectivity index (χ4v) is 2.38. The van der Waals surface area contributed by atoms with Crippen molar-refractivity contribution < 1.29 is 18.7 Å². The van der Waals surface area contributed by atoms with Gasteiger partial charge in [0.15, 0.2) is 11.5 Å². The molecule has 0 saturated carbocycles. The molecule has 134 valence electrons. The van der Waals surface area contributed by atoms with Gasteiger partial charge in [-0.25, -0.2) is 4.39 Å². The number of amides is 1. The van der Waals surface area contributed by atoms with Crippen molar-refractivity contribution in [2.24, 2.45) is 0 Å². The summed E-state index contributed by atoms with van der Waals surface area (Å²) in [6.45, 7) is 4.76. The highest BCUT2D eigenvalue weighted by molar-refractivity contribution is 6.33. The van der Waals surface area contributed by atoms with E-state index >= 15 is 0 Å². The molecule has 0 heterocycles. The maximum absolute atomic E-state index is 13.0. The molecule has 1 amide bonds. The number of nitrogens with one attached hydrogen (secondary N) is 2. The largest absolute Gasteiger partial charge is 0.490 e. The molecule has 0 aliphatic heterocycles. The second-order valence-electron chi connectivity index (χ2n) is 5.05. The monoisotopic (exact) mass is 366 g/mol. The van der Waals surface area contributed by atoms with E-state index in [2.05, 4.69) is 10.6 Å². The molecular weight excluding hydrogens is 347 g/mol. The fraction of sp³-hybridized carbons (Fsp3) is 0.278. The summed E-state index contributed by atoms with van der Waals surface area (Å²) in [6, 6.07) is 9.12. The summed E-state index contributed by atoms with van der Waals surface area (Å²) in [5, 5.41) is 5.84. The Morgan fingerprint density at radius 2 is 1.80 bits per heavy atom. The quantitative estimate of drug-likeness (QED) is 0.730. The number of rotatable bonds is 8. The van der Waals surface area contributed by atoms with Crippen LogP contribution in [0.2, 0.25) is 5.02 Å². The third kappa shape index (κ3) is 5.53. The summed E-state index contributed by atoms with van der Waals surface area (Å²) in [5.41, 5.74) is 1.07. The average Bonchev–Trinajstić information content (AvgIpc) is 2.57. The number of benzene rings is 2. The lowest BCUT2D eigenvalue weighted by molar-refractivity contribution is -0.114. The molecule has 0 fully saturated rings. The fourth-order valence-electron chi connectivity index (χ4n) is 2.14. The number of carbonyl (C=O) groups excluding carboxylic acids is 1. The first-order valence-electron chi connectivity index (χ1n) is 7.92. The Kier molecular flexibility index (Phi) is 6.89. The van der Waals surface area contributed by atoms with Gasteiger partial charge in [0.1, 0.15) is 5.82 Å². The van der Waals surface area contributed by atoms with Crippen molar-refractivity contribution in [2.45, 2.75) is 13.8 Å². The SMILES string of the molecule is CCOc1ccc(NC(=O)CNc2ccc(F)cc2Cl)cc1OCC. The van der Waals surface area contributed by atoms with Crippen LogP contribution in [0.5, 0.6) is 11.5 Å². The van der Waals surface area contributed by atoms with Crippen LogP contribution >= 0.6 is 11.6 Å². The Morgan fingerprint density at radius 3 is 2.48 bits per heavy atom. The molecule has 2 N–H and O–H groups in total. The van der Waals surface area contributed by atoms with Gasteiger partial charge in [-0.05, 0) is 44.2 Å². The molecule has 0 aliphatic carbocycles. The Bertz CT molecular complexity index is 740. The molecule has 7 heteroatoms. The van der Waals surface area contributed by atoms with Crippen molar-refractivity contribution >= 4 is 28.9 Å². The predicted octanol–water partition coefficient (Wildman–Crippen LogP) is 4.33. The Morgan fingerprint density at radius 1 is 1.08 bits per heavy atom. The third-order valence-corrected chi connectivity index (χ3v) is 3.51. The van der Waals surface area contributed by atoms with Crippen molar-refractivity contribution in [2.75, 3.05) is 30.4 Å². The minimum atomic E-state index is -0.433. The highest BCUT2D eigenvalue weighted by Gasteiger charge is 2.09. The lowest BCUT2D eigenvalue weighted by atomic mass is 10.2. The summed E-state index contributed by atoms with van der Waals surface area (Å²) in [4.78, 5) is 12.1. The van der Waals surface area contributed by atoms with Crippen LogP contribution in [0.15, 0.2) is 36.4 Å². The molecule has 0 radical (unpaired) electrons. The molecule has 25 heavy (non-hydrogen) atoms. The zero-order valence-corrected chi connectivity index (χ0v) is 14.8. The molecule has 2 rings (SSSR count). The predicted molar refractivity (Wildman–Crippen MR) is 97.3 cm³/mol. The van der Waals surface area contributed by atoms with Gasteiger partial charge in [0.25, 0.3) is 0 Å². The van der Waals surface area contributed by atoms with Crippen LogP contribution in [0.25, 0.3) is 0 Å². The van der Waals surface area contributed by atoms with Gasteiger partial charge in [0.2, 0.25) is 5.91 Å². The van der Waals surface area contributed by atoms with Gasteiger partial charge < -0.3 is 20.1 Å². The molecule has 0 bridgehead atoms. The number of halogens is 2. The molecule has 0 unspecified atom stereocenters. The summed E-state index contributed by atoms with van der Waals surface area (Å²) in [5.74, 6) is 0.486. The van der Waals surface area contributed by atoms with E-state index in [1.807, 2.05) is 13.8 Å². The van der Waals surface area contributed by atoms with Crippen LogP contribution in [-0.2, 0) is 4.79 Å². The van der Waals surface area contributed by atoms with Gasteiger partial charge in [-0.15, -0.1) is 0 Å². The third-order valence-electron chi connectivity index (χ3n) is 3.20. The van der Waals surface area contributed by atoms with Crippen LogP contribution in [0.4, 0.5) is 15.8 Å². The van der Waals surface area contributed by atoms with Crippen LogP contribution < -0.4 is 20.1 Å². The van der Waals surface area contributed by atoms with Crippen LogP contribution in [0.1, 0.15) is 13.8 Å². The van der Waals surface area contributed by atoms with Gasteiger partial charge in [-0.2, -0.15) is 0 Å². The summed E-state index contributed by atoms with van der Waals surface area (Å²) < 4.78 is 24.0. The van der Waals surface area contributed by atoms with E-state index in [4.69, 9.17) is 21.1 Å². The molecule has 5 nitrogen and oxygen atoms in total. The Labute approximate surface area is 151 Å². The van der Waals surface area contributed by atoms with Crippen molar-refractivity contribution in [1.82, 2.24) is 0 Å². The normalized spacial score (nSPS) is 10.2. The van der Waals surface area contributed by atoms with Gasteiger partial charge in [-0.1, -0.05) is 11.6 Å². The molecule has 2 aromatic carbocycles. The Hall–Kier alpha value is -2.47. The number of anilines is 2. The van der Waals surface area contributed by atoms with Crippen LogP contribution in [0, 0.1) is 5.82 Å². The minimum Gasteiger partial charge on any atom is -0.490 e. The topological polar surface area (TPSA) is 59.6 Å². The summed E-state index contributed by atoms with van der Waals surface area (Å²) in [7, 11) is 0. The first-order valence-corrected chi connectivity index (χ1v) is 8.29. The van der Waals surface area contributed by atoms with Gasteiger partial charge >= 0.3 is 0 Å². The number of carbonyl (C=O) groups is 1. The number of hydrogen-bond donors (Lipinski definition) is 2. The zero-order chi connectivity index (χ0) is 18.2. The first kappa shape index (κ1) is 18.9. The molecule has 0 aliphatic rings. The molecule has 2 aromatic rings. The van der Waals surface area contributed by atoms with Crippen LogP contribution in [0.3, 0.4) is 0 Å². The molecule has 0 atom stereocenters. The summed E-state index contributed by atoms with van der Waals surface area (Å²) >= 11 is 5.91. The van der Waals surface area contributed by atoms with Crippen molar-refractivity contribution in [3.8, 4) is 11.5 Å². The highest BCUT2D eigenvalue weighted by atomic mass is 35.5. The van der Waals surface area contributed by atoms with Crippen molar-refractivity contribution in [1.29, 1.82) is 0 Å². The second-order valence-corrected chi connectivity index (χ2v) is 5.46. The average molecular weight is 367 g/mol. The molecule has 0 saturated heterocycles. The van der Waals surface area contributed by atoms with Crippen LogP contribution in [-0.4, -0.2) is 25.7 Å². The van der Waals surface area contributed by atoms with Gasteiger partial charge in [-0.3, -0.25) is 4.79 Å². The lowest BCUT2D eigenvalue weighted by Crippen LogP contribution is -2.21. The Balaban J connectivity index is 1.98. The van der Waals surface area contributed by atoms with E-state index < -0.39 is 5.82 Å². The maximum Gasteiger partial charge on any atom is 0.243 e. The van der Waals surface area contributed by atoms with E-state index in [0.29, 0.717) is 36.1 Å². The first-order chi connectivity index (χ1) is 12.0. The van der Waals surface area contributed by atoms with Crippen molar-refractivity contribution in [3.05, 3.63) is 47.2 Å². The zero-order valence-electron chi connectivity index (χ0n) is 14.1. The van der Waals surface area contributed by atoms with E-state index in [1.165, 1.54) is 18.2 Å². The maximum atomic E-state index is 13.0. The van der Waals surface area contributed by atoms with Gasteiger partial charge in [0, 0.05) is 11.8 Å². The molecular formula is C18H20ClFN2O3. The smallest absolute Gasteiger partial charge is 0.243 e. The number of ether oxygens (including phenoxy) is 2. The van der Waals surface area contributed by atoms with E-state index in [0.717, 1.165) is 0 Å². The van der Waals surface area contributed by atoms with Crippen molar-refractivity contribution in [3.63, 3.8) is 0 Å². The lowest BCUT2D eigenvalue weighted by Gasteiger charge is -2.13. The second kappa shape index (κ2) is 9.13.